The lowest BCUT2D eigenvalue weighted by molar-refractivity contribution is -0.129. The van der Waals surface area contributed by atoms with Crippen LogP contribution in [0.3, 0.4) is 0 Å². The van der Waals surface area contributed by atoms with Gasteiger partial charge in [0.2, 0.25) is 0 Å². The second-order valence-electron chi connectivity index (χ2n) is 10.5. The Kier molecular flexibility index (Phi) is 8.80. The fourth-order valence-corrected chi connectivity index (χ4v) is 5.16. The molecule has 1 aliphatic heterocycles. The van der Waals surface area contributed by atoms with Crippen LogP contribution >= 0.6 is 11.8 Å². The molecule has 0 N–H and O–H groups in total. The summed E-state index contributed by atoms with van der Waals surface area (Å²) in [7, 11) is 0. The van der Waals surface area contributed by atoms with Crippen molar-refractivity contribution >= 4 is 29.4 Å². The Morgan fingerprint density at radius 3 is 2.28 bits per heavy atom. The number of rotatable bonds is 9. The first-order chi connectivity index (χ1) is 18.6. The molecule has 0 saturated carbocycles. The molecule has 1 amide bonds. The van der Waals surface area contributed by atoms with Crippen molar-refractivity contribution in [3.8, 4) is 11.5 Å². The highest BCUT2D eigenvalue weighted by Gasteiger charge is 2.40. The van der Waals surface area contributed by atoms with E-state index < -0.39 is 11.7 Å². The van der Waals surface area contributed by atoms with Gasteiger partial charge in [0, 0.05) is 29.5 Å². The third-order valence-electron chi connectivity index (χ3n) is 7.31. The van der Waals surface area contributed by atoms with E-state index in [9.17, 15) is 14.4 Å². The number of para-hydroxylation sites is 1. The molecule has 1 saturated heterocycles. The number of carbonyl (C=O) groups excluding carboxylic acids is 3. The Morgan fingerprint density at radius 1 is 0.974 bits per heavy atom. The molecule has 2 atom stereocenters. The summed E-state index contributed by atoms with van der Waals surface area (Å²) in [5, 5.41) is 0. The Balaban J connectivity index is 1.55. The summed E-state index contributed by atoms with van der Waals surface area (Å²) in [4.78, 5) is 41.4. The molecule has 1 heterocycles. The van der Waals surface area contributed by atoms with Crippen molar-refractivity contribution in [1.82, 2.24) is 4.90 Å². The lowest BCUT2D eigenvalue weighted by Gasteiger charge is -2.25. The highest BCUT2D eigenvalue weighted by atomic mass is 32.2. The highest BCUT2D eigenvalue weighted by Crippen LogP contribution is 2.33. The quantitative estimate of drug-likeness (QED) is 0.222. The van der Waals surface area contributed by atoms with Gasteiger partial charge in [0.05, 0.1) is 0 Å². The molecule has 4 rings (SSSR count). The molecule has 3 aromatic rings. The molecule has 1 aliphatic rings. The summed E-state index contributed by atoms with van der Waals surface area (Å²) in [6, 6.07) is 22.5. The number of thioether (sulfide) groups is 1. The minimum Gasteiger partial charge on any atom is -0.480 e. The zero-order chi connectivity index (χ0) is 28.2. The molecule has 0 unspecified atom stereocenters. The number of nitrogens with zero attached hydrogens (tertiary/aromatic N) is 1. The van der Waals surface area contributed by atoms with Gasteiger partial charge < -0.3 is 14.4 Å². The van der Waals surface area contributed by atoms with Crippen LogP contribution in [-0.4, -0.2) is 47.5 Å². The maximum absolute atomic E-state index is 13.7. The van der Waals surface area contributed by atoms with E-state index in [2.05, 4.69) is 0 Å². The largest absolute Gasteiger partial charge is 0.480 e. The molecule has 0 spiro atoms. The summed E-state index contributed by atoms with van der Waals surface area (Å²) >= 11 is 1.63. The summed E-state index contributed by atoms with van der Waals surface area (Å²) in [6.07, 6.45) is 2.16. The van der Waals surface area contributed by atoms with Gasteiger partial charge in [-0.05, 0) is 87.7 Å². The van der Waals surface area contributed by atoms with Crippen molar-refractivity contribution < 1.29 is 23.9 Å². The zero-order valence-corrected chi connectivity index (χ0v) is 23.9. The van der Waals surface area contributed by atoms with Crippen LogP contribution in [0.2, 0.25) is 0 Å². The lowest BCUT2D eigenvalue weighted by Crippen LogP contribution is -2.36. The molecular formula is C32H35NO5S. The van der Waals surface area contributed by atoms with Gasteiger partial charge in [-0.2, -0.15) is 0 Å². The topological polar surface area (TPSA) is 72.9 Å². The molecule has 7 heteroatoms. The van der Waals surface area contributed by atoms with Crippen molar-refractivity contribution in [2.45, 2.75) is 44.6 Å². The van der Waals surface area contributed by atoms with Gasteiger partial charge >= 0.3 is 6.09 Å². The van der Waals surface area contributed by atoms with Gasteiger partial charge in [-0.1, -0.05) is 42.5 Å². The van der Waals surface area contributed by atoms with Gasteiger partial charge in [0.25, 0.3) is 0 Å². The first kappa shape index (κ1) is 28.4. The van der Waals surface area contributed by atoms with E-state index in [4.69, 9.17) is 9.47 Å². The lowest BCUT2D eigenvalue weighted by atomic mass is 9.84. The van der Waals surface area contributed by atoms with E-state index >= 15 is 0 Å². The summed E-state index contributed by atoms with van der Waals surface area (Å²) in [5.74, 6) is 0.664. The van der Waals surface area contributed by atoms with Gasteiger partial charge in [-0.25, -0.2) is 4.79 Å². The van der Waals surface area contributed by atoms with Gasteiger partial charge in [0.1, 0.15) is 11.5 Å². The standard InChI is InChI=1S/C32H35NO5S/c1-21-17-23(11-16-29(21)38-32(3,4)22(2)34)18-25-19-33(31(36)37-26-9-7-6-8-10-26)20-28(25)30(35)24-12-14-27(39-5)15-13-24/h6-17,25,28H,18-20H2,1-5H3/t25-,28-/m0/s1. The number of benzene rings is 3. The molecule has 39 heavy (non-hydrogen) atoms. The van der Waals surface area contributed by atoms with E-state index in [0.29, 0.717) is 36.6 Å². The molecule has 0 radical (unpaired) electrons. The monoisotopic (exact) mass is 545 g/mol. The predicted molar refractivity (Wildman–Crippen MR) is 154 cm³/mol. The van der Waals surface area contributed by atoms with E-state index in [-0.39, 0.29) is 23.4 Å². The van der Waals surface area contributed by atoms with Crippen molar-refractivity contribution in [3.63, 3.8) is 0 Å². The number of amides is 1. The van der Waals surface area contributed by atoms with Crippen LogP contribution in [0.15, 0.2) is 77.7 Å². The average Bonchev–Trinajstić information content (AvgIpc) is 3.34. The Bertz CT molecular complexity index is 1340. The molecule has 3 aromatic carbocycles. The van der Waals surface area contributed by atoms with Crippen LogP contribution in [-0.2, 0) is 11.2 Å². The van der Waals surface area contributed by atoms with E-state index in [1.54, 1.807) is 42.6 Å². The summed E-state index contributed by atoms with van der Waals surface area (Å²) in [6.45, 7) is 7.69. The van der Waals surface area contributed by atoms with Crippen molar-refractivity contribution in [2.24, 2.45) is 11.8 Å². The molecule has 0 bridgehead atoms. The molecule has 0 aliphatic carbocycles. The number of Topliss-reactive ketones (excluding diaryl/α,β-unsaturated/α-hetero) is 2. The molecule has 1 fully saturated rings. The molecule has 204 valence electrons. The van der Waals surface area contributed by atoms with Crippen molar-refractivity contribution in [3.05, 3.63) is 89.5 Å². The minimum absolute atomic E-state index is 0.0301. The average molecular weight is 546 g/mol. The van der Waals surface area contributed by atoms with Gasteiger partial charge in [-0.15, -0.1) is 11.8 Å². The van der Waals surface area contributed by atoms with E-state index in [1.807, 2.05) is 73.8 Å². The first-order valence-electron chi connectivity index (χ1n) is 13.1. The summed E-state index contributed by atoms with van der Waals surface area (Å²) < 4.78 is 11.6. The Morgan fingerprint density at radius 2 is 1.67 bits per heavy atom. The van der Waals surface area contributed by atoms with Crippen LogP contribution in [0, 0.1) is 18.8 Å². The summed E-state index contributed by atoms with van der Waals surface area (Å²) in [5.41, 5.74) is 1.68. The third kappa shape index (κ3) is 6.90. The SMILES string of the molecule is CSc1ccc(C(=O)[C@H]2CN(C(=O)Oc3ccccc3)C[C@@H]2Cc2ccc(OC(C)(C)C(C)=O)c(C)c2)cc1. The Labute approximate surface area is 234 Å². The predicted octanol–water partition coefficient (Wildman–Crippen LogP) is 6.64. The molecule has 6 nitrogen and oxygen atoms in total. The van der Waals surface area contributed by atoms with Crippen molar-refractivity contribution in [1.29, 1.82) is 0 Å². The number of aryl methyl sites for hydroxylation is 1. The van der Waals surface area contributed by atoms with Crippen LogP contribution in [0.1, 0.15) is 42.3 Å². The maximum atomic E-state index is 13.7. The first-order valence-corrected chi connectivity index (χ1v) is 14.3. The maximum Gasteiger partial charge on any atom is 0.415 e. The zero-order valence-electron chi connectivity index (χ0n) is 23.1. The fraction of sp³-hybridized carbons (Fsp3) is 0.344. The smallest absolute Gasteiger partial charge is 0.415 e. The third-order valence-corrected chi connectivity index (χ3v) is 8.05. The fourth-order valence-electron chi connectivity index (χ4n) is 4.75. The number of likely N-dealkylation sites (tertiary alicyclic amines) is 1. The van der Waals surface area contributed by atoms with Gasteiger partial charge in [-0.3, -0.25) is 9.59 Å². The van der Waals surface area contributed by atoms with E-state index in [1.165, 1.54) is 6.92 Å². The number of hydrogen-bond donors (Lipinski definition) is 0. The second kappa shape index (κ2) is 12.1. The minimum atomic E-state index is -0.916. The van der Waals surface area contributed by atoms with Crippen LogP contribution in [0.25, 0.3) is 0 Å². The number of ketones is 2. The number of ether oxygens (including phenoxy) is 2. The number of carbonyl (C=O) groups is 3. The van der Waals surface area contributed by atoms with E-state index in [0.717, 1.165) is 16.0 Å². The molecular weight excluding hydrogens is 510 g/mol. The van der Waals surface area contributed by atoms with Crippen LogP contribution in [0.5, 0.6) is 11.5 Å². The highest BCUT2D eigenvalue weighted by molar-refractivity contribution is 7.98. The second-order valence-corrected chi connectivity index (χ2v) is 11.4. The van der Waals surface area contributed by atoms with Crippen molar-refractivity contribution in [2.75, 3.05) is 19.3 Å². The normalized spacial score (nSPS) is 17.1. The van der Waals surface area contributed by atoms with Gasteiger partial charge in [0.15, 0.2) is 17.2 Å². The van der Waals surface area contributed by atoms with Crippen LogP contribution < -0.4 is 9.47 Å². The Hall–Kier alpha value is -3.58. The van der Waals surface area contributed by atoms with Crippen LogP contribution in [0.4, 0.5) is 4.79 Å². The number of hydrogen-bond acceptors (Lipinski definition) is 6. The molecule has 0 aromatic heterocycles.